The van der Waals surface area contributed by atoms with Gasteiger partial charge < -0.3 is 4.98 Å². The Labute approximate surface area is 115 Å². The molecule has 0 spiro atoms. The summed E-state index contributed by atoms with van der Waals surface area (Å²) in [5.41, 5.74) is 2.91. The monoisotopic (exact) mass is 267 g/mol. The van der Waals surface area contributed by atoms with E-state index in [0.717, 1.165) is 22.0 Å². The quantitative estimate of drug-likeness (QED) is 0.645. The first-order chi connectivity index (χ1) is 9.70. The van der Waals surface area contributed by atoms with E-state index in [1.54, 1.807) is 24.4 Å². The molecule has 2 aromatic carbocycles. The summed E-state index contributed by atoms with van der Waals surface area (Å²) in [7, 11) is 0. The minimum Gasteiger partial charge on any atom is -0.361 e. The lowest BCUT2D eigenvalue weighted by molar-refractivity contribution is 0.152. The van der Waals surface area contributed by atoms with Crippen LogP contribution in [-0.2, 0) is 0 Å². The Kier molecular flexibility index (Phi) is 3.00. The minimum absolute atomic E-state index is 0.0273. The summed E-state index contributed by atoms with van der Waals surface area (Å²) in [4.78, 5) is 3.09. The largest absolute Gasteiger partial charge is 0.361 e. The van der Waals surface area contributed by atoms with Crippen molar-refractivity contribution in [2.24, 2.45) is 0 Å². The van der Waals surface area contributed by atoms with Crippen LogP contribution in [0, 0.1) is 12.3 Å². The number of H-pyrrole nitrogens is 1. The van der Waals surface area contributed by atoms with Gasteiger partial charge in [0.1, 0.15) is 0 Å². The number of benzene rings is 2. The lowest BCUT2D eigenvalue weighted by Crippen LogP contribution is -1.89. The SMILES string of the molecule is C#Cc1ccc2[nH]cc(-c3ccccc3C(F)F)c2c1. The molecule has 1 aromatic heterocycles. The van der Waals surface area contributed by atoms with Crippen LogP contribution in [0.3, 0.4) is 0 Å². The van der Waals surface area contributed by atoms with Gasteiger partial charge in [0.25, 0.3) is 6.43 Å². The molecule has 0 unspecified atom stereocenters. The lowest BCUT2D eigenvalue weighted by Gasteiger charge is -2.07. The van der Waals surface area contributed by atoms with Gasteiger partial charge in [0.05, 0.1) is 0 Å². The van der Waals surface area contributed by atoms with E-state index in [0.29, 0.717) is 5.56 Å². The topological polar surface area (TPSA) is 15.8 Å². The van der Waals surface area contributed by atoms with Gasteiger partial charge in [-0.3, -0.25) is 0 Å². The smallest absolute Gasteiger partial charge is 0.264 e. The van der Waals surface area contributed by atoms with Crippen LogP contribution in [0.25, 0.3) is 22.0 Å². The highest BCUT2D eigenvalue weighted by atomic mass is 19.3. The third-order valence-corrected chi connectivity index (χ3v) is 3.33. The lowest BCUT2D eigenvalue weighted by atomic mass is 9.98. The van der Waals surface area contributed by atoms with Crippen molar-refractivity contribution in [1.82, 2.24) is 4.98 Å². The summed E-state index contributed by atoms with van der Waals surface area (Å²) < 4.78 is 26.2. The van der Waals surface area contributed by atoms with Crippen molar-refractivity contribution in [1.29, 1.82) is 0 Å². The molecule has 0 aliphatic heterocycles. The number of aromatic amines is 1. The van der Waals surface area contributed by atoms with Gasteiger partial charge in [-0.15, -0.1) is 6.42 Å². The summed E-state index contributed by atoms with van der Waals surface area (Å²) in [6, 6.07) is 12.0. The highest BCUT2D eigenvalue weighted by molar-refractivity contribution is 5.97. The first-order valence-electron chi connectivity index (χ1n) is 6.16. The second-order valence-corrected chi connectivity index (χ2v) is 4.49. The summed E-state index contributed by atoms with van der Waals surface area (Å²) in [5.74, 6) is 2.56. The van der Waals surface area contributed by atoms with Gasteiger partial charge >= 0.3 is 0 Å². The molecule has 3 aromatic rings. The summed E-state index contributed by atoms with van der Waals surface area (Å²) in [5, 5.41) is 0.855. The van der Waals surface area contributed by atoms with Crippen LogP contribution >= 0.6 is 0 Å². The van der Waals surface area contributed by atoms with Gasteiger partial charge in [-0.1, -0.05) is 30.2 Å². The maximum absolute atomic E-state index is 13.1. The molecule has 0 saturated carbocycles. The highest BCUT2D eigenvalue weighted by Crippen LogP contribution is 2.35. The van der Waals surface area contributed by atoms with Gasteiger partial charge in [-0.2, -0.15) is 0 Å². The van der Waals surface area contributed by atoms with Crippen molar-refractivity contribution in [2.75, 3.05) is 0 Å². The molecule has 0 amide bonds. The first-order valence-corrected chi connectivity index (χ1v) is 6.16. The van der Waals surface area contributed by atoms with E-state index < -0.39 is 6.43 Å². The summed E-state index contributed by atoms with van der Waals surface area (Å²) in [6.07, 6.45) is 4.63. The Hall–Kier alpha value is -2.60. The maximum atomic E-state index is 13.1. The van der Waals surface area contributed by atoms with Crippen LogP contribution in [0.15, 0.2) is 48.7 Å². The Morgan fingerprint density at radius 2 is 1.85 bits per heavy atom. The first kappa shape index (κ1) is 12.4. The van der Waals surface area contributed by atoms with E-state index >= 15 is 0 Å². The number of rotatable bonds is 2. The van der Waals surface area contributed by atoms with Crippen LogP contribution in [0.5, 0.6) is 0 Å². The molecule has 20 heavy (non-hydrogen) atoms. The Bertz CT molecular complexity index is 809. The van der Waals surface area contributed by atoms with E-state index in [-0.39, 0.29) is 5.56 Å². The predicted octanol–water partition coefficient (Wildman–Crippen LogP) is 4.75. The number of terminal acetylenes is 1. The van der Waals surface area contributed by atoms with Gasteiger partial charge in [0.15, 0.2) is 0 Å². The Morgan fingerprint density at radius 1 is 1.05 bits per heavy atom. The van der Waals surface area contributed by atoms with E-state index in [4.69, 9.17) is 6.42 Å². The number of nitrogens with one attached hydrogen (secondary N) is 1. The van der Waals surface area contributed by atoms with E-state index in [9.17, 15) is 8.78 Å². The van der Waals surface area contributed by atoms with Crippen LogP contribution in [0.1, 0.15) is 17.6 Å². The van der Waals surface area contributed by atoms with Gasteiger partial charge in [-0.05, 0) is 23.8 Å². The maximum Gasteiger partial charge on any atom is 0.264 e. The fourth-order valence-corrected chi connectivity index (χ4v) is 2.37. The zero-order chi connectivity index (χ0) is 14.1. The van der Waals surface area contributed by atoms with Crippen molar-refractivity contribution < 1.29 is 8.78 Å². The standard InChI is InChI=1S/C17H11F2N/c1-2-11-7-8-16-14(9-11)15(10-20-16)12-5-3-4-6-13(12)17(18)19/h1,3-10,17,20H. The van der Waals surface area contributed by atoms with Crippen LogP contribution in [0.2, 0.25) is 0 Å². The number of hydrogen-bond acceptors (Lipinski definition) is 0. The molecule has 0 aliphatic carbocycles. The molecular weight excluding hydrogens is 256 g/mol. The van der Waals surface area contributed by atoms with Crippen molar-refractivity contribution in [2.45, 2.75) is 6.43 Å². The van der Waals surface area contributed by atoms with Crippen molar-refractivity contribution in [3.63, 3.8) is 0 Å². The number of fused-ring (bicyclic) bond motifs is 1. The van der Waals surface area contributed by atoms with Crippen LogP contribution < -0.4 is 0 Å². The van der Waals surface area contributed by atoms with Crippen molar-refractivity contribution in [3.05, 3.63) is 59.8 Å². The van der Waals surface area contributed by atoms with Crippen molar-refractivity contribution >= 4 is 10.9 Å². The van der Waals surface area contributed by atoms with E-state index in [1.165, 1.54) is 6.07 Å². The van der Waals surface area contributed by atoms with Crippen LogP contribution in [-0.4, -0.2) is 4.98 Å². The molecule has 0 atom stereocenters. The Morgan fingerprint density at radius 3 is 2.60 bits per heavy atom. The number of alkyl halides is 2. The average Bonchev–Trinajstić information content (AvgIpc) is 2.89. The summed E-state index contributed by atoms with van der Waals surface area (Å²) >= 11 is 0. The zero-order valence-corrected chi connectivity index (χ0v) is 10.5. The third kappa shape index (κ3) is 1.96. The third-order valence-electron chi connectivity index (χ3n) is 3.33. The molecular formula is C17H11F2N. The minimum atomic E-state index is -2.51. The summed E-state index contributed by atoms with van der Waals surface area (Å²) in [6.45, 7) is 0. The molecule has 0 radical (unpaired) electrons. The number of aromatic nitrogens is 1. The zero-order valence-electron chi connectivity index (χ0n) is 10.5. The van der Waals surface area contributed by atoms with Crippen LogP contribution in [0.4, 0.5) is 8.78 Å². The molecule has 3 rings (SSSR count). The molecule has 1 nitrogen and oxygen atoms in total. The van der Waals surface area contributed by atoms with Gasteiger partial charge in [0.2, 0.25) is 0 Å². The number of halogens is 2. The molecule has 0 fully saturated rings. The second kappa shape index (κ2) is 4.82. The molecule has 0 bridgehead atoms. The predicted molar refractivity (Wildman–Crippen MR) is 76.6 cm³/mol. The number of hydrogen-bond donors (Lipinski definition) is 1. The molecule has 1 heterocycles. The average molecular weight is 267 g/mol. The second-order valence-electron chi connectivity index (χ2n) is 4.49. The Balaban J connectivity index is 2.28. The van der Waals surface area contributed by atoms with Crippen molar-refractivity contribution in [3.8, 4) is 23.5 Å². The fraction of sp³-hybridized carbons (Fsp3) is 0.0588. The molecule has 0 saturated heterocycles. The molecule has 3 heteroatoms. The van der Waals surface area contributed by atoms with Gasteiger partial charge in [-0.25, -0.2) is 8.78 Å². The van der Waals surface area contributed by atoms with Gasteiger partial charge in [0, 0.05) is 33.8 Å². The molecule has 1 N–H and O–H groups in total. The molecule has 0 aliphatic rings. The van der Waals surface area contributed by atoms with E-state index in [2.05, 4.69) is 10.9 Å². The fourth-order valence-electron chi connectivity index (χ4n) is 2.37. The van der Waals surface area contributed by atoms with E-state index in [1.807, 2.05) is 18.2 Å². The highest BCUT2D eigenvalue weighted by Gasteiger charge is 2.16. The molecule has 98 valence electrons. The normalized spacial score (nSPS) is 10.9.